The van der Waals surface area contributed by atoms with Crippen LogP contribution >= 0.6 is 0 Å². The van der Waals surface area contributed by atoms with Gasteiger partial charge in [-0.1, -0.05) is 12.5 Å². The Kier molecular flexibility index (Phi) is 3.78. The Morgan fingerprint density at radius 3 is 3.06 bits per heavy atom. The minimum Gasteiger partial charge on any atom is -0.383 e. The average Bonchev–Trinajstić information content (AvgIpc) is 2.32. The zero-order valence-electron chi connectivity index (χ0n) is 9.72. The maximum Gasteiger partial charge on any atom is 0.125 e. The molecule has 2 rings (SSSR count). The van der Waals surface area contributed by atoms with Gasteiger partial charge in [-0.05, 0) is 44.0 Å². The van der Waals surface area contributed by atoms with Crippen molar-refractivity contribution in [2.75, 3.05) is 18.4 Å². The lowest BCUT2D eigenvalue weighted by Crippen LogP contribution is -2.39. The third-order valence-corrected chi connectivity index (χ3v) is 3.15. The predicted molar refractivity (Wildman–Crippen MR) is 65.3 cm³/mol. The lowest BCUT2D eigenvalue weighted by molar-refractivity contribution is 0.414. The van der Waals surface area contributed by atoms with Gasteiger partial charge < -0.3 is 10.6 Å². The van der Waals surface area contributed by atoms with Gasteiger partial charge >= 0.3 is 0 Å². The molecular weight excluding hydrogens is 203 g/mol. The van der Waals surface area contributed by atoms with Crippen LogP contribution < -0.4 is 10.6 Å². The van der Waals surface area contributed by atoms with E-state index in [1.165, 1.54) is 25.3 Å². The molecule has 0 radical (unpaired) electrons. The van der Waals surface area contributed by atoms with Crippen molar-refractivity contribution in [3.05, 3.63) is 29.6 Å². The first-order valence-electron chi connectivity index (χ1n) is 5.99. The lowest BCUT2D eigenvalue weighted by atomic mass is 10.0. The van der Waals surface area contributed by atoms with Gasteiger partial charge in [-0.3, -0.25) is 0 Å². The smallest absolute Gasteiger partial charge is 0.125 e. The quantitative estimate of drug-likeness (QED) is 0.821. The number of piperidine rings is 1. The van der Waals surface area contributed by atoms with Gasteiger partial charge in [0, 0.05) is 18.3 Å². The van der Waals surface area contributed by atoms with Gasteiger partial charge in [-0.15, -0.1) is 0 Å². The van der Waals surface area contributed by atoms with Crippen molar-refractivity contribution in [2.24, 2.45) is 0 Å². The van der Waals surface area contributed by atoms with Crippen LogP contribution in [0.25, 0.3) is 0 Å². The van der Waals surface area contributed by atoms with Crippen molar-refractivity contribution >= 4 is 5.69 Å². The molecule has 0 bridgehead atoms. The summed E-state index contributed by atoms with van der Waals surface area (Å²) in [6.45, 7) is 3.98. The van der Waals surface area contributed by atoms with E-state index < -0.39 is 0 Å². The number of rotatable bonds is 3. The van der Waals surface area contributed by atoms with E-state index in [2.05, 4.69) is 10.6 Å². The summed E-state index contributed by atoms with van der Waals surface area (Å²) >= 11 is 0. The number of anilines is 1. The molecule has 0 saturated carbocycles. The highest BCUT2D eigenvalue weighted by atomic mass is 19.1. The van der Waals surface area contributed by atoms with Crippen LogP contribution in [-0.2, 0) is 0 Å². The van der Waals surface area contributed by atoms with E-state index >= 15 is 0 Å². The van der Waals surface area contributed by atoms with E-state index in [1.807, 2.05) is 13.0 Å². The highest BCUT2D eigenvalue weighted by Crippen LogP contribution is 2.16. The van der Waals surface area contributed by atoms with Crippen molar-refractivity contribution in [1.82, 2.24) is 5.32 Å². The Hall–Kier alpha value is -1.09. The highest BCUT2D eigenvalue weighted by molar-refractivity contribution is 5.50. The molecule has 0 amide bonds. The molecular formula is C13H19FN2. The SMILES string of the molecule is Cc1ccc(F)cc1NCC1CCCCN1. The molecule has 1 aromatic rings. The Bertz CT molecular complexity index is 346. The molecule has 1 aromatic carbocycles. The summed E-state index contributed by atoms with van der Waals surface area (Å²) in [7, 11) is 0. The Morgan fingerprint density at radius 2 is 2.31 bits per heavy atom. The number of benzene rings is 1. The maximum atomic E-state index is 13.1. The number of hydrogen-bond donors (Lipinski definition) is 2. The summed E-state index contributed by atoms with van der Waals surface area (Å²) in [6, 6.07) is 5.40. The number of hydrogen-bond acceptors (Lipinski definition) is 2. The van der Waals surface area contributed by atoms with Crippen LogP contribution in [0.4, 0.5) is 10.1 Å². The second kappa shape index (κ2) is 5.30. The lowest BCUT2D eigenvalue weighted by Gasteiger charge is -2.24. The zero-order valence-corrected chi connectivity index (χ0v) is 9.72. The van der Waals surface area contributed by atoms with Crippen molar-refractivity contribution in [1.29, 1.82) is 0 Å². The number of nitrogens with one attached hydrogen (secondary N) is 2. The molecule has 1 saturated heterocycles. The van der Waals surface area contributed by atoms with Gasteiger partial charge in [0.25, 0.3) is 0 Å². The molecule has 1 atom stereocenters. The second-order valence-electron chi connectivity index (χ2n) is 4.49. The van der Waals surface area contributed by atoms with Crippen LogP contribution in [0.5, 0.6) is 0 Å². The first kappa shape index (κ1) is 11.4. The molecule has 1 aliphatic rings. The van der Waals surface area contributed by atoms with Crippen LogP contribution in [-0.4, -0.2) is 19.1 Å². The molecule has 1 fully saturated rings. The summed E-state index contributed by atoms with van der Waals surface area (Å²) in [6.07, 6.45) is 3.78. The molecule has 1 heterocycles. The summed E-state index contributed by atoms with van der Waals surface area (Å²) in [5.74, 6) is -0.176. The molecule has 3 heteroatoms. The van der Waals surface area contributed by atoms with Crippen LogP contribution in [0.2, 0.25) is 0 Å². The Labute approximate surface area is 96.2 Å². The summed E-state index contributed by atoms with van der Waals surface area (Å²) in [5.41, 5.74) is 2.00. The van der Waals surface area contributed by atoms with Gasteiger partial charge in [0.2, 0.25) is 0 Å². The largest absolute Gasteiger partial charge is 0.383 e. The van der Waals surface area contributed by atoms with E-state index in [1.54, 1.807) is 6.07 Å². The van der Waals surface area contributed by atoms with Crippen LogP contribution in [0, 0.1) is 12.7 Å². The van der Waals surface area contributed by atoms with Crippen LogP contribution in [0.1, 0.15) is 24.8 Å². The Morgan fingerprint density at radius 1 is 1.44 bits per heavy atom. The summed E-state index contributed by atoms with van der Waals surface area (Å²) in [5, 5.41) is 6.79. The van der Waals surface area contributed by atoms with Crippen LogP contribution in [0.15, 0.2) is 18.2 Å². The minimum atomic E-state index is -0.176. The molecule has 0 aromatic heterocycles. The predicted octanol–water partition coefficient (Wildman–Crippen LogP) is 2.69. The van der Waals surface area contributed by atoms with Crippen molar-refractivity contribution in [3.63, 3.8) is 0 Å². The van der Waals surface area contributed by atoms with Gasteiger partial charge in [-0.2, -0.15) is 0 Å². The molecule has 0 aliphatic carbocycles. The van der Waals surface area contributed by atoms with E-state index in [-0.39, 0.29) is 5.82 Å². The van der Waals surface area contributed by atoms with Gasteiger partial charge in [0.15, 0.2) is 0 Å². The average molecular weight is 222 g/mol. The molecule has 1 unspecified atom stereocenters. The second-order valence-corrected chi connectivity index (χ2v) is 4.49. The molecule has 2 N–H and O–H groups in total. The Balaban J connectivity index is 1.90. The zero-order chi connectivity index (χ0) is 11.4. The van der Waals surface area contributed by atoms with E-state index in [0.717, 1.165) is 24.3 Å². The van der Waals surface area contributed by atoms with E-state index in [9.17, 15) is 4.39 Å². The molecule has 2 nitrogen and oxygen atoms in total. The molecule has 88 valence electrons. The van der Waals surface area contributed by atoms with Crippen molar-refractivity contribution in [2.45, 2.75) is 32.2 Å². The fraction of sp³-hybridized carbons (Fsp3) is 0.538. The molecule has 16 heavy (non-hydrogen) atoms. The van der Waals surface area contributed by atoms with E-state index in [4.69, 9.17) is 0 Å². The highest BCUT2D eigenvalue weighted by Gasteiger charge is 2.12. The van der Waals surface area contributed by atoms with Crippen LogP contribution in [0.3, 0.4) is 0 Å². The first-order valence-corrected chi connectivity index (χ1v) is 5.99. The molecule has 0 spiro atoms. The third-order valence-electron chi connectivity index (χ3n) is 3.15. The van der Waals surface area contributed by atoms with E-state index in [0.29, 0.717) is 6.04 Å². The van der Waals surface area contributed by atoms with Crippen molar-refractivity contribution in [3.8, 4) is 0 Å². The normalized spacial score (nSPS) is 20.8. The minimum absolute atomic E-state index is 0.176. The molecule has 1 aliphatic heterocycles. The van der Waals surface area contributed by atoms with Gasteiger partial charge in [0.1, 0.15) is 5.82 Å². The summed E-state index contributed by atoms with van der Waals surface area (Å²) < 4.78 is 13.1. The topological polar surface area (TPSA) is 24.1 Å². The number of halogens is 1. The van der Waals surface area contributed by atoms with Gasteiger partial charge in [0.05, 0.1) is 0 Å². The monoisotopic (exact) mass is 222 g/mol. The number of aryl methyl sites for hydroxylation is 1. The fourth-order valence-corrected chi connectivity index (χ4v) is 2.12. The maximum absolute atomic E-state index is 13.1. The fourth-order valence-electron chi connectivity index (χ4n) is 2.12. The third kappa shape index (κ3) is 2.95. The van der Waals surface area contributed by atoms with Gasteiger partial charge in [-0.25, -0.2) is 4.39 Å². The van der Waals surface area contributed by atoms with Crippen molar-refractivity contribution < 1.29 is 4.39 Å². The first-order chi connectivity index (χ1) is 7.75. The summed E-state index contributed by atoms with van der Waals surface area (Å²) in [4.78, 5) is 0. The standard InChI is InChI=1S/C13H19FN2/c1-10-5-6-11(14)8-13(10)16-9-12-4-2-3-7-15-12/h5-6,8,12,15-16H,2-4,7,9H2,1H3.